The number of carbonyl (C=O) groups is 3. The molecule has 29 heavy (non-hydrogen) atoms. The number of benzene rings is 1. The van der Waals surface area contributed by atoms with Crippen molar-refractivity contribution in [2.24, 2.45) is 0 Å². The third kappa shape index (κ3) is 3.90. The van der Waals surface area contributed by atoms with Crippen LogP contribution in [0.1, 0.15) is 29.3 Å². The van der Waals surface area contributed by atoms with Crippen LogP contribution in [0, 0.1) is 11.6 Å². The molecule has 0 radical (unpaired) electrons. The molecular weight excluding hydrogens is 408 g/mol. The fourth-order valence-electron chi connectivity index (χ4n) is 3.61. The lowest BCUT2D eigenvalue weighted by Crippen LogP contribution is -2.62. The zero-order valence-electron chi connectivity index (χ0n) is 15.0. The van der Waals surface area contributed by atoms with Gasteiger partial charge in [-0.2, -0.15) is 4.90 Å². The molecule has 0 bridgehead atoms. The number of hydrogen-bond donors (Lipinski definition) is 3. The molecule has 8 nitrogen and oxygen atoms in total. The number of carbonyl (C=O) groups excluding carboxylic acids is 1. The Morgan fingerprint density at radius 3 is 2.66 bits per heavy atom. The molecule has 3 amide bonds. The highest BCUT2D eigenvalue weighted by atomic mass is 32.1. The maximum absolute atomic E-state index is 14.2. The van der Waals surface area contributed by atoms with Gasteiger partial charge in [-0.3, -0.25) is 4.79 Å². The van der Waals surface area contributed by atoms with E-state index in [9.17, 15) is 33.4 Å². The number of halogens is 2. The number of hydrogen-bond acceptors (Lipinski definition) is 5. The molecule has 2 atom stereocenters. The van der Waals surface area contributed by atoms with Crippen LogP contribution in [-0.2, 0) is 11.2 Å². The molecule has 0 unspecified atom stereocenters. The minimum absolute atomic E-state index is 0.0348. The molecular formula is C18H17F2N3O5S. The lowest BCUT2D eigenvalue weighted by atomic mass is 9.84. The van der Waals surface area contributed by atoms with Gasteiger partial charge in [0.1, 0.15) is 5.54 Å². The number of rotatable bonds is 4. The van der Waals surface area contributed by atoms with Gasteiger partial charge in [0.05, 0.1) is 5.01 Å². The summed E-state index contributed by atoms with van der Waals surface area (Å²) in [6, 6.07) is 3.69. The van der Waals surface area contributed by atoms with Gasteiger partial charge in [0.25, 0.3) is 0 Å². The van der Waals surface area contributed by atoms with Crippen molar-refractivity contribution < 1.29 is 33.4 Å². The van der Waals surface area contributed by atoms with Gasteiger partial charge in [-0.1, -0.05) is 12.1 Å². The van der Waals surface area contributed by atoms with Crippen LogP contribution >= 0.6 is 11.3 Å². The van der Waals surface area contributed by atoms with Crippen molar-refractivity contribution >= 4 is 29.4 Å². The second kappa shape index (κ2) is 8.11. The zero-order chi connectivity index (χ0) is 21.2. The molecule has 0 spiro atoms. The van der Waals surface area contributed by atoms with E-state index in [1.807, 2.05) is 0 Å². The molecule has 1 aliphatic rings. The van der Waals surface area contributed by atoms with Crippen molar-refractivity contribution in [2.45, 2.75) is 30.7 Å². The fraction of sp³-hybridized carbons (Fsp3) is 0.333. The number of carboxylic acid groups (broad SMARTS) is 2. The number of nitrogens with zero attached hydrogens (tertiary/aromatic N) is 2. The van der Waals surface area contributed by atoms with Gasteiger partial charge in [0.2, 0.25) is 5.91 Å². The highest BCUT2D eigenvalue weighted by molar-refractivity contribution is 7.09. The van der Waals surface area contributed by atoms with E-state index in [1.54, 1.807) is 5.38 Å². The smallest absolute Gasteiger partial charge is 0.417 e. The van der Waals surface area contributed by atoms with Gasteiger partial charge in [-0.05, 0) is 24.5 Å². The second-order valence-corrected chi connectivity index (χ2v) is 7.60. The van der Waals surface area contributed by atoms with Crippen LogP contribution in [0.15, 0.2) is 29.8 Å². The monoisotopic (exact) mass is 425 g/mol. The number of nitrogens with one attached hydrogen (secondary N) is 1. The lowest BCUT2D eigenvalue weighted by Gasteiger charge is -2.36. The average Bonchev–Trinajstić information content (AvgIpc) is 3.10. The molecule has 0 aliphatic carbocycles. The largest absolute Gasteiger partial charge is 0.464 e. The van der Waals surface area contributed by atoms with Gasteiger partial charge in [-0.15, -0.1) is 11.3 Å². The van der Waals surface area contributed by atoms with Gasteiger partial charge in [0.15, 0.2) is 11.6 Å². The van der Waals surface area contributed by atoms with E-state index >= 15 is 0 Å². The molecule has 2 aromatic rings. The summed E-state index contributed by atoms with van der Waals surface area (Å²) in [6.45, 7) is -0.0914. The minimum atomic E-state index is -1.98. The molecule has 3 N–H and O–H groups in total. The van der Waals surface area contributed by atoms with Crippen molar-refractivity contribution in [1.29, 1.82) is 0 Å². The Hall–Kier alpha value is -3.08. The highest BCUT2D eigenvalue weighted by Crippen LogP contribution is 2.36. The van der Waals surface area contributed by atoms with E-state index in [0.29, 0.717) is 5.01 Å². The number of thiazole rings is 1. The summed E-state index contributed by atoms with van der Waals surface area (Å²) >= 11 is 1.15. The first-order valence-electron chi connectivity index (χ1n) is 8.63. The van der Waals surface area contributed by atoms with Crippen LogP contribution in [0.2, 0.25) is 0 Å². The van der Waals surface area contributed by atoms with Gasteiger partial charge >= 0.3 is 12.2 Å². The first-order valence-corrected chi connectivity index (χ1v) is 9.51. The summed E-state index contributed by atoms with van der Waals surface area (Å²) in [5.74, 6) is -3.56. The molecule has 1 aliphatic heterocycles. The predicted octanol–water partition coefficient (Wildman–Crippen LogP) is 3.05. The molecule has 1 fully saturated rings. The third-order valence-electron chi connectivity index (χ3n) is 5.00. The predicted molar refractivity (Wildman–Crippen MR) is 97.8 cm³/mol. The van der Waals surface area contributed by atoms with E-state index in [1.165, 1.54) is 18.3 Å². The summed E-state index contributed by atoms with van der Waals surface area (Å²) in [4.78, 5) is 40.5. The van der Waals surface area contributed by atoms with Crippen LogP contribution < -0.4 is 5.32 Å². The summed E-state index contributed by atoms with van der Waals surface area (Å²) in [5, 5.41) is 23.5. The first-order chi connectivity index (χ1) is 13.8. The maximum Gasteiger partial charge on any atom is 0.417 e. The normalized spacial score (nSPS) is 21.9. The van der Waals surface area contributed by atoms with Crippen molar-refractivity contribution in [2.75, 3.05) is 6.54 Å². The Kier molecular flexibility index (Phi) is 5.78. The minimum Gasteiger partial charge on any atom is -0.464 e. The van der Waals surface area contributed by atoms with Crippen LogP contribution in [0.5, 0.6) is 0 Å². The quantitative estimate of drug-likeness (QED) is 0.693. The molecule has 2 heterocycles. The molecule has 154 valence electrons. The average molecular weight is 425 g/mol. The second-order valence-electron chi connectivity index (χ2n) is 6.62. The van der Waals surface area contributed by atoms with Crippen LogP contribution in [0.4, 0.5) is 18.4 Å². The fourth-order valence-corrected chi connectivity index (χ4v) is 4.33. The molecule has 11 heteroatoms. The Morgan fingerprint density at radius 2 is 2.03 bits per heavy atom. The van der Waals surface area contributed by atoms with E-state index in [-0.39, 0.29) is 36.3 Å². The van der Waals surface area contributed by atoms with Gasteiger partial charge < -0.3 is 15.5 Å². The van der Waals surface area contributed by atoms with Crippen LogP contribution in [-0.4, -0.2) is 50.3 Å². The van der Waals surface area contributed by atoms with Crippen LogP contribution in [0.25, 0.3) is 0 Å². The van der Waals surface area contributed by atoms with Crippen molar-refractivity contribution in [3.63, 3.8) is 0 Å². The Bertz CT molecular complexity index is 926. The first kappa shape index (κ1) is 20.6. The van der Waals surface area contributed by atoms with E-state index in [0.717, 1.165) is 17.4 Å². The maximum atomic E-state index is 14.2. The van der Waals surface area contributed by atoms with E-state index in [4.69, 9.17) is 0 Å². The van der Waals surface area contributed by atoms with Crippen molar-refractivity contribution in [1.82, 2.24) is 15.2 Å². The summed E-state index contributed by atoms with van der Waals surface area (Å²) in [6.07, 6.45) is -2.56. The molecule has 1 aromatic carbocycles. The SMILES string of the molecule is O=C(O)N(C(=O)O)[C@@]1(Cc2nccs2)CC[C@@H](c2cccc(F)c2F)CNC1=O. The molecule has 3 rings (SSSR count). The third-order valence-corrected chi connectivity index (χ3v) is 5.78. The number of imide groups is 1. The van der Waals surface area contributed by atoms with Gasteiger partial charge in [-0.25, -0.2) is 23.4 Å². The van der Waals surface area contributed by atoms with Crippen LogP contribution in [0.3, 0.4) is 0 Å². The molecule has 0 saturated carbocycles. The zero-order valence-corrected chi connectivity index (χ0v) is 15.8. The van der Waals surface area contributed by atoms with Crippen molar-refractivity contribution in [3.8, 4) is 0 Å². The summed E-state index contributed by atoms with van der Waals surface area (Å²) < 4.78 is 27.9. The molecule has 1 saturated heterocycles. The Labute approximate surface area is 167 Å². The molecule has 1 aromatic heterocycles. The van der Waals surface area contributed by atoms with Gasteiger partial charge in [0, 0.05) is 30.5 Å². The standard InChI is InChI=1S/C18H17F2N3O5S/c19-12-3-1-2-11(14(12)20)10-4-5-18(15(24)22-9-10,8-13-21-6-7-29-13)23(16(25)26)17(27)28/h1-3,6-7,10H,4-5,8-9H2,(H,22,24)(H,25,26)(H,27,28)/t10-,18-/m1/s1. The summed E-state index contributed by atoms with van der Waals surface area (Å²) in [7, 11) is 0. The topological polar surface area (TPSA) is 120 Å². The summed E-state index contributed by atoms with van der Waals surface area (Å²) in [5.41, 5.74) is -1.94. The Balaban J connectivity index is 2.02. The number of amides is 3. The number of aromatic nitrogens is 1. The van der Waals surface area contributed by atoms with E-state index < -0.39 is 41.2 Å². The Morgan fingerprint density at radius 1 is 1.31 bits per heavy atom. The highest BCUT2D eigenvalue weighted by Gasteiger charge is 2.52. The van der Waals surface area contributed by atoms with E-state index in [2.05, 4.69) is 10.3 Å². The lowest BCUT2D eigenvalue weighted by molar-refractivity contribution is -0.131. The van der Waals surface area contributed by atoms with Crippen molar-refractivity contribution in [3.05, 3.63) is 52.0 Å².